The molecule has 2 nitrogen and oxygen atoms in total. The van der Waals surface area contributed by atoms with Crippen LogP contribution in [-0.4, -0.2) is 30.1 Å². The quantitative estimate of drug-likeness (QED) is 0.771. The van der Waals surface area contributed by atoms with Crippen LogP contribution in [0.15, 0.2) is 24.3 Å². The zero-order chi connectivity index (χ0) is 16.0. The van der Waals surface area contributed by atoms with Crippen molar-refractivity contribution in [2.45, 2.75) is 65.1 Å². The second kappa shape index (κ2) is 8.17. The highest BCUT2D eigenvalue weighted by Gasteiger charge is 2.22. The highest BCUT2D eigenvalue weighted by atomic mass is 35.5. The minimum atomic E-state index is 0.159. The number of hydrogen-bond acceptors (Lipinski definition) is 2. The molecule has 1 rings (SSSR count). The van der Waals surface area contributed by atoms with E-state index in [0.717, 1.165) is 11.6 Å². The highest BCUT2D eigenvalue weighted by Crippen LogP contribution is 2.24. The molecule has 0 bridgehead atoms. The van der Waals surface area contributed by atoms with Crippen LogP contribution < -0.4 is 5.32 Å². The molecule has 0 aliphatic rings. The first kappa shape index (κ1) is 18.5. The van der Waals surface area contributed by atoms with Crippen LogP contribution in [-0.2, 0) is 0 Å². The lowest BCUT2D eigenvalue weighted by Crippen LogP contribution is -2.47. The summed E-state index contributed by atoms with van der Waals surface area (Å²) in [5, 5.41) is 4.45. The van der Waals surface area contributed by atoms with E-state index in [1.54, 1.807) is 0 Å². The van der Waals surface area contributed by atoms with Crippen LogP contribution >= 0.6 is 11.6 Å². The number of halogens is 1. The van der Waals surface area contributed by atoms with Gasteiger partial charge in [0.1, 0.15) is 0 Å². The topological polar surface area (TPSA) is 15.3 Å². The van der Waals surface area contributed by atoms with Gasteiger partial charge in [-0.05, 0) is 58.9 Å². The maximum atomic E-state index is 6.12. The molecular formula is C18H31ClN2. The molecule has 1 N–H and O–H groups in total. The summed E-state index contributed by atoms with van der Waals surface area (Å²) < 4.78 is 0. The predicted octanol–water partition coefficient (Wildman–Crippen LogP) is 4.89. The molecule has 1 aromatic rings. The van der Waals surface area contributed by atoms with Crippen LogP contribution in [0.3, 0.4) is 0 Å². The Bertz CT molecular complexity index is 425. The molecule has 0 amide bonds. The van der Waals surface area contributed by atoms with Gasteiger partial charge in [-0.25, -0.2) is 0 Å². The number of likely N-dealkylation sites (N-methyl/N-ethyl adjacent to an activating group) is 1. The minimum Gasteiger partial charge on any atom is -0.311 e. The Morgan fingerprint density at radius 1 is 1.29 bits per heavy atom. The maximum Gasteiger partial charge on any atom is 0.0409 e. The first-order valence-corrected chi connectivity index (χ1v) is 8.35. The minimum absolute atomic E-state index is 0.159. The molecule has 0 saturated carbocycles. The zero-order valence-electron chi connectivity index (χ0n) is 14.4. The Labute approximate surface area is 135 Å². The molecule has 21 heavy (non-hydrogen) atoms. The summed E-state index contributed by atoms with van der Waals surface area (Å²) in [4.78, 5) is 2.47. The van der Waals surface area contributed by atoms with Crippen molar-refractivity contribution in [3.8, 4) is 0 Å². The molecule has 0 aromatic heterocycles. The van der Waals surface area contributed by atoms with Crippen LogP contribution in [0, 0.1) is 0 Å². The van der Waals surface area contributed by atoms with Gasteiger partial charge in [0.25, 0.3) is 0 Å². The molecule has 1 aromatic carbocycles. The van der Waals surface area contributed by atoms with Gasteiger partial charge < -0.3 is 5.32 Å². The summed E-state index contributed by atoms with van der Waals surface area (Å²) >= 11 is 6.12. The van der Waals surface area contributed by atoms with Gasteiger partial charge in [-0.2, -0.15) is 0 Å². The van der Waals surface area contributed by atoms with E-state index in [9.17, 15) is 0 Å². The fourth-order valence-corrected chi connectivity index (χ4v) is 2.72. The highest BCUT2D eigenvalue weighted by molar-refractivity contribution is 6.30. The molecule has 0 fully saturated rings. The molecule has 0 spiro atoms. The third kappa shape index (κ3) is 6.37. The van der Waals surface area contributed by atoms with Crippen molar-refractivity contribution in [1.82, 2.24) is 10.2 Å². The smallest absolute Gasteiger partial charge is 0.0409 e. The normalized spacial score (nSPS) is 15.2. The number of rotatable bonds is 7. The molecule has 0 saturated heterocycles. The van der Waals surface area contributed by atoms with Gasteiger partial charge in [0.15, 0.2) is 0 Å². The van der Waals surface area contributed by atoms with E-state index < -0.39 is 0 Å². The monoisotopic (exact) mass is 310 g/mol. The van der Waals surface area contributed by atoms with E-state index in [2.05, 4.69) is 64.0 Å². The molecule has 3 heteroatoms. The van der Waals surface area contributed by atoms with Gasteiger partial charge >= 0.3 is 0 Å². The molecule has 0 radical (unpaired) electrons. The number of hydrogen-bond donors (Lipinski definition) is 1. The lowest BCUT2D eigenvalue weighted by molar-refractivity contribution is 0.162. The number of nitrogens with one attached hydrogen (secondary N) is 1. The fourth-order valence-electron chi connectivity index (χ4n) is 2.52. The molecule has 2 unspecified atom stereocenters. The van der Waals surface area contributed by atoms with E-state index in [0.29, 0.717) is 12.1 Å². The Balaban J connectivity index is 2.77. The molecule has 120 valence electrons. The molecule has 0 aliphatic heterocycles. The molecular weight excluding hydrogens is 280 g/mol. The van der Waals surface area contributed by atoms with Crippen molar-refractivity contribution in [2.24, 2.45) is 0 Å². The molecule has 0 aliphatic carbocycles. The third-order valence-electron chi connectivity index (χ3n) is 4.01. The van der Waals surface area contributed by atoms with Crippen molar-refractivity contribution in [3.63, 3.8) is 0 Å². The van der Waals surface area contributed by atoms with Crippen molar-refractivity contribution >= 4 is 11.6 Å². The van der Waals surface area contributed by atoms with Crippen LogP contribution in [0.1, 0.15) is 59.1 Å². The van der Waals surface area contributed by atoms with Crippen molar-refractivity contribution in [3.05, 3.63) is 34.9 Å². The zero-order valence-corrected chi connectivity index (χ0v) is 15.2. The average Bonchev–Trinajstić information content (AvgIpc) is 2.41. The van der Waals surface area contributed by atoms with Crippen LogP contribution in [0.25, 0.3) is 0 Å². The summed E-state index contributed by atoms with van der Waals surface area (Å²) in [7, 11) is 2.22. The largest absolute Gasteiger partial charge is 0.311 e. The summed E-state index contributed by atoms with van der Waals surface area (Å²) in [6.45, 7) is 12.2. The van der Waals surface area contributed by atoms with Crippen molar-refractivity contribution < 1.29 is 0 Å². The van der Waals surface area contributed by atoms with Crippen molar-refractivity contribution in [2.75, 3.05) is 13.6 Å². The summed E-state index contributed by atoms with van der Waals surface area (Å²) in [5.41, 5.74) is 1.44. The Morgan fingerprint density at radius 3 is 2.48 bits per heavy atom. The van der Waals surface area contributed by atoms with Gasteiger partial charge in [0.05, 0.1) is 0 Å². The van der Waals surface area contributed by atoms with E-state index in [4.69, 9.17) is 11.6 Å². The van der Waals surface area contributed by atoms with Gasteiger partial charge in [0, 0.05) is 29.2 Å². The predicted molar refractivity (Wildman–Crippen MR) is 94.1 cm³/mol. The van der Waals surface area contributed by atoms with E-state index in [-0.39, 0.29) is 5.54 Å². The number of benzene rings is 1. The Kier molecular flexibility index (Phi) is 7.19. The molecule has 2 atom stereocenters. The first-order valence-electron chi connectivity index (χ1n) is 7.97. The van der Waals surface area contributed by atoms with Gasteiger partial charge in [0.2, 0.25) is 0 Å². The fraction of sp³-hybridized carbons (Fsp3) is 0.667. The van der Waals surface area contributed by atoms with E-state index in [1.165, 1.54) is 18.4 Å². The SMILES string of the molecule is CCCC(CNC(C)(C)C)N(C)C(C)c1cccc(Cl)c1. The van der Waals surface area contributed by atoms with Crippen LogP contribution in [0.2, 0.25) is 5.02 Å². The summed E-state index contributed by atoms with van der Waals surface area (Å²) in [5.74, 6) is 0. The van der Waals surface area contributed by atoms with Crippen LogP contribution in [0.5, 0.6) is 0 Å². The summed E-state index contributed by atoms with van der Waals surface area (Å²) in [6.07, 6.45) is 2.40. The summed E-state index contributed by atoms with van der Waals surface area (Å²) in [6, 6.07) is 9.09. The average molecular weight is 311 g/mol. The van der Waals surface area contributed by atoms with E-state index in [1.807, 2.05) is 12.1 Å². The van der Waals surface area contributed by atoms with Gasteiger partial charge in [-0.1, -0.05) is 37.1 Å². The first-order chi connectivity index (χ1) is 9.74. The second-order valence-electron chi connectivity index (χ2n) is 6.97. The lowest BCUT2D eigenvalue weighted by atomic mass is 10.0. The second-order valence-corrected chi connectivity index (χ2v) is 7.41. The Morgan fingerprint density at radius 2 is 1.95 bits per heavy atom. The number of nitrogens with zero attached hydrogens (tertiary/aromatic N) is 1. The van der Waals surface area contributed by atoms with Crippen molar-refractivity contribution in [1.29, 1.82) is 0 Å². The maximum absolute atomic E-state index is 6.12. The van der Waals surface area contributed by atoms with Crippen LogP contribution in [0.4, 0.5) is 0 Å². The van der Waals surface area contributed by atoms with E-state index >= 15 is 0 Å². The standard InChI is InChI=1S/C18H31ClN2/c1-7-9-17(13-20-18(3,4)5)21(6)14(2)15-10-8-11-16(19)12-15/h8,10-12,14,17,20H,7,9,13H2,1-6H3. The van der Waals surface area contributed by atoms with Gasteiger partial charge in [-0.15, -0.1) is 0 Å². The Hall–Kier alpha value is -0.570. The van der Waals surface area contributed by atoms with Gasteiger partial charge in [-0.3, -0.25) is 4.90 Å². The molecule has 0 heterocycles. The lowest BCUT2D eigenvalue weighted by Gasteiger charge is -2.35. The third-order valence-corrected chi connectivity index (χ3v) is 4.24.